The molecule has 0 aliphatic heterocycles. The molecule has 0 aromatic heterocycles. The van der Waals surface area contributed by atoms with Gasteiger partial charge in [0.2, 0.25) is 5.67 Å². The van der Waals surface area contributed by atoms with Crippen LogP contribution in [0.2, 0.25) is 0 Å². The zero-order chi connectivity index (χ0) is 24.6. The molecular weight excluding hydrogens is 469 g/mol. The lowest BCUT2D eigenvalue weighted by Crippen LogP contribution is -2.72. The number of aliphatic hydroxyl groups excluding tert-OH is 1. The monoisotopic (exact) mass is 482 g/mol. The van der Waals surface area contributed by atoms with Crippen molar-refractivity contribution in [3.63, 3.8) is 0 Å². The molecule has 2 unspecified atom stereocenters. The van der Waals surface area contributed by atoms with Gasteiger partial charge >= 0.3 is 35.8 Å². The molecule has 180 valence electrons. The fourth-order valence-electron chi connectivity index (χ4n) is 3.29. The summed E-state index contributed by atoms with van der Waals surface area (Å²) in [6.45, 7) is -0.740. The Morgan fingerprint density at radius 1 is 0.633 bits per heavy atom. The lowest BCUT2D eigenvalue weighted by molar-refractivity contribution is -0.445. The van der Waals surface area contributed by atoms with E-state index in [-0.39, 0.29) is 13.8 Å². The molecule has 0 heterocycles. The highest BCUT2D eigenvalue weighted by atomic mass is 19.4. The molecule has 1 rings (SSSR count). The minimum atomic E-state index is -8.20. The average Bonchev–Trinajstić information content (AvgIpc) is 2.91. The summed E-state index contributed by atoms with van der Waals surface area (Å²) in [4.78, 5) is 0. The highest BCUT2D eigenvalue weighted by Crippen LogP contribution is 2.79. The number of rotatable bonds is 8. The highest BCUT2D eigenvalue weighted by molar-refractivity contribution is 5.39. The van der Waals surface area contributed by atoms with E-state index in [1.165, 1.54) is 0 Å². The Labute approximate surface area is 158 Å². The summed E-state index contributed by atoms with van der Waals surface area (Å²) >= 11 is 0. The predicted octanol–water partition coefficient (Wildman–Crippen LogP) is 5.95. The minimum absolute atomic E-state index is 0.148. The second-order valence-electron chi connectivity index (χ2n) is 7.28. The smallest absolute Gasteiger partial charge is 0.396 e. The van der Waals surface area contributed by atoms with Crippen LogP contribution in [0, 0.1) is 5.41 Å². The lowest BCUT2D eigenvalue weighted by Gasteiger charge is -2.41. The van der Waals surface area contributed by atoms with Crippen molar-refractivity contribution in [3.05, 3.63) is 0 Å². The maximum Gasteiger partial charge on any atom is 0.460 e. The average molecular weight is 482 g/mol. The molecule has 0 bridgehead atoms. The summed E-state index contributed by atoms with van der Waals surface area (Å²) in [5.74, 6) is -39.4. The van der Waals surface area contributed by atoms with E-state index < -0.39 is 72.0 Å². The molecule has 0 spiro atoms. The molecule has 0 aromatic carbocycles. The van der Waals surface area contributed by atoms with Crippen LogP contribution in [-0.4, -0.2) is 58.8 Å². The molecule has 1 aliphatic carbocycles. The molecule has 1 fully saturated rings. The second kappa shape index (κ2) is 6.47. The Morgan fingerprint density at radius 2 is 1.00 bits per heavy atom. The van der Waals surface area contributed by atoms with Crippen molar-refractivity contribution in [1.29, 1.82) is 0 Å². The summed E-state index contributed by atoms with van der Waals surface area (Å²) in [6.07, 6.45) is -10.0. The van der Waals surface area contributed by atoms with Crippen LogP contribution in [-0.2, 0) is 0 Å². The minimum Gasteiger partial charge on any atom is -0.396 e. The van der Waals surface area contributed by atoms with Gasteiger partial charge in [-0.2, -0.15) is 57.1 Å². The van der Waals surface area contributed by atoms with E-state index in [9.17, 15) is 65.9 Å². The fraction of sp³-hybridized carbons (Fsp3) is 1.00. The fourth-order valence-corrected chi connectivity index (χ4v) is 3.29. The zero-order valence-electron chi connectivity index (χ0n) is 14.7. The molecule has 2 atom stereocenters. The molecule has 0 aromatic rings. The lowest BCUT2D eigenvalue weighted by atomic mass is 9.88. The standard InChI is InChI=1S/C14H13F15O/c1-6(2)7(15,4-3-5-30)8(6,16)9(17,18)10(19,20)11(21,22)12(23,24)13(25,26)14(27,28)29/h30H,3-5H2,1-2H3. The van der Waals surface area contributed by atoms with Crippen LogP contribution in [0.1, 0.15) is 26.7 Å². The van der Waals surface area contributed by atoms with Gasteiger partial charge in [-0.15, -0.1) is 0 Å². The molecule has 1 saturated carbocycles. The molecule has 30 heavy (non-hydrogen) atoms. The van der Waals surface area contributed by atoms with Gasteiger partial charge in [-0.25, -0.2) is 8.78 Å². The summed E-state index contributed by atoms with van der Waals surface area (Å²) in [6, 6.07) is 0. The SMILES string of the molecule is CC1(C)C(F)(CCCO)C1(F)C(F)(F)C(F)(F)C(F)(F)C(F)(F)C(F)(F)C(F)(F)F. The third-order valence-corrected chi connectivity index (χ3v) is 5.38. The van der Waals surface area contributed by atoms with Crippen molar-refractivity contribution < 1.29 is 71.0 Å². The van der Waals surface area contributed by atoms with Gasteiger partial charge in [-0.3, -0.25) is 0 Å². The van der Waals surface area contributed by atoms with Crippen molar-refractivity contribution in [2.24, 2.45) is 5.41 Å². The van der Waals surface area contributed by atoms with Crippen molar-refractivity contribution in [2.75, 3.05) is 6.61 Å². The van der Waals surface area contributed by atoms with Crippen LogP contribution < -0.4 is 0 Å². The normalized spacial score (nSPS) is 28.6. The highest BCUT2D eigenvalue weighted by Gasteiger charge is 3.02. The molecule has 1 aliphatic rings. The van der Waals surface area contributed by atoms with Crippen LogP contribution in [0.5, 0.6) is 0 Å². The van der Waals surface area contributed by atoms with Gasteiger partial charge in [0.25, 0.3) is 0 Å². The van der Waals surface area contributed by atoms with Crippen LogP contribution in [0.25, 0.3) is 0 Å². The molecule has 0 radical (unpaired) electrons. The van der Waals surface area contributed by atoms with Gasteiger partial charge in [-0.05, 0) is 12.8 Å². The first-order valence-electron chi connectivity index (χ1n) is 7.75. The summed E-state index contributed by atoms with van der Waals surface area (Å²) in [7, 11) is 0. The Morgan fingerprint density at radius 3 is 1.33 bits per heavy atom. The van der Waals surface area contributed by atoms with Crippen LogP contribution in [0.15, 0.2) is 0 Å². The van der Waals surface area contributed by atoms with Crippen LogP contribution in [0.3, 0.4) is 0 Å². The molecule has 0 amide bonds. The predicted molar refractivity (Wildman–Crippen MR) is 68.6 cm³/mol. The summed E-state index contributed by atoms with van der Waals surface area (Å²) in [5, 5.41) is 8.53. The molecule has 1 N–H and O–H groups in total. The van der Waals surface area contributed by atoms with E-state index in [4.69, 9.17) is 5.11 Å². The quantitative estimate of drug-likeness (QED) is 0.424. The van der Waals surface area contributed by atoms with Gasteiger partial charge in [0.1, 0.15) is 0 Å². The molecule has 16 heteroatoms. The number of hydrogen-bond acceptors (Lipinski definition) is 1. The number of hydrogen-bond donors (Lipinski definition) is 1. The zero-order valence-corrected chi connectivity index (χ0v) is 14.7. The molecular formula is C14H13F15O. The van der Waals surface area contributed by atoms with Crippen molar-refractivity contribution in [3.8, 4) is 0 Å². The first-order chi connectivity index (χ1) is 12.8. The summed E-state index contributed by atoms with van der Waals surface area (Å²) in [5.41, 5.74) is -12.8. The van der Waals surface area contributed by atoms with Gasteiger partial charge in [0, 0.05) is 12.0 Å². The van der Waals surface area contributed by atoms with E-state index in [0.717, 1.165) is 0 Å². The Balaban J connectivity index is 3.62. The largest absolute Gasteiger partial charge is 0.460 e. The van der Waals surface area contributed by atoms with E-state index in [1.807, 2.05) is 0 Å². The van der Waals surface area contributed by atoms with Crippen molar-refractivity contribution >= 4 is 0 Å². The van der Waals surface area contributed by atoms with Crippen molar-refractivity contribution in [2.45, 2.75) is 73.8 Å². The summed E-state index contributed by atoms with van der Waals surface area (Å²) < 4.78 is 200. The number of halogens is 15. The van der Waals surface area contributed by atoms with E-state index >= 15 is 0 Å². The molecule has 0 saturated heterocycles. The van der Waals surface area contributed by atoms with Gasteiger partial charge < -0.3 is 5.11 Å². The van der Waals surface area contributed by atoms with Gasteiger partial charge in [-0.1, -0.05) is 13.8 Å². The Kier molecular flexibility index (Phi) is 5.81. The molecule has 1 nitrogen and oxygen atoms in total. The number of aliphatic hydroxyl groups is 1. The van der Waals surface area contributed by atoms with Crippen molar-refractivity contribution in [1.82, 2.24) is 0 Å². The Hall–Kier alpha value is -1.09. The first-order valence-corrected chi connectivity index (χ1v) is 7.75. The van der Waals surface area contributed by atoms with Crippen LogP contribution >= 0.6 is 0 Å². The first kappa shape index (κ1) is 26.9. The van der Waals surface area contributed by atoms with E-state index in [0.29, 0.717) is 0 Å². The maximum atomic E-state index is 14.7. The van der Waals surface area contributed by atoms with E-state index in [1.54, 1.807) is 0 Å². The number of alkyl halides is 15. The third kappa shape index (κ3) is 2.63. The maximum absolute atomic E-state index is 14.7. The van der Waals surface area contributed by atoms with E-state index in [2.05, 4.69) is 0 Å². The second-order valence-corrected chi connectivity index (χ2v) is 7.28. The van der Waals surface area contributed by atoms with Crippen LogP contribution in [0.4, 0.5) is 65.9 Å². The Bertz CT molecular complexity index is 667. The third-order valence-electron chi connectivity index (χ3n) is 5.38. The van der Waals surface area contributed by atoms with Gasteiger partial charge in [0.15, 0.2) is 5.67 Å². The topological polar surface area (TPSA) is 20.2 Å². The van der Waals surface area contributed by atoms with Gasteiger partial charge in [0.05, 0.1) is 0 Å².